The molecule has 106 valence electrons. The minimum atomic E-state index is -4.95. The van der Waals surface area contributed by atoms with Crippen LogP contribution >= 0.6 is 0 Å². The van der Waals surface area contributed by atoms with Gasteiger partial charge in [0.2, 0.25) is 10.0 Å². The van der Waals surface area contributed by atoms with Crippen LogP contribution in [0.5, 0.6) is 0 Å². The Bertz CT molecular complexity index is 625. The molecule has 0 fully saturated rings. The van der Waals surface area contributed by atoms with Crippen molar-refractivity contribution in [2.24, 2.45) is 0 Å². The van der Waals surface area contributed by atoms with Gasteiger partial charge in [0.25, 0.3) is 5.69 Å². The molecule has 1 N–H and O–H groups in total. The molecule has 0 saturated heterocycles. The molecule has 1 rings (SSSR count). The van der Waals surface area contributed by atoms with Gasteiger partial charge >= 0.3 is 6.18 Å². The lowest BCUT2D eigenvalue weighted by Gasteiger charge is -2.12. The van der Waals surface area contributed by atoms with Gasteiger partial charge in [-0.2, -0.15) is 13.2 Å². The van der Waals surface area contributed by atoms with E-state index < -0.39 is 32.4 Å². The second-order valence-electron chi connectivity index (χ2n) is 3.81. The number of alkyl halides is 3. The van der Waals surface area contributed by atoms with E-state index in [1.54, 1.807) is 0 Å². The molecular weight excluding hydrogens is 289 g/mol. The van der Waals surface area contributed by atoms with E-state index in [0.29, 0.717) is 12.1 Å². The van der Waals surface area contributed by atoms with Crippen LogP contribution in [0.15, 0.2) is 12.1 Å². The number of sulfonamides is 1. The Morgan fingerprint density at radius 2 is 1.84 bits per heavy atom. The summed E-state index contributed by atoms with van der Waals surface area (Å²) in [5, 5.41) is 10.6. The van der Waals surface area contributed by atoms with Crippen LogP contribution < -0.4 is 4.72 Å². The van der Waals surface area contributed by atoms with Crippen LogP contribution in [0.1, 0.15) is 11.1 Å². The van der Waals surface area contributed by atoms with Crippen molar-refractivity contribution in [3.63, 3.8) is 0 Å². The number of nitro benzene ring substituents is 1. The van der Waals surface area contributed by atoms with E-state index in [1.165, 1.54) is 6.92 Å². The molecule has 1 aromatic carbocycles. The molecule has 0 radical (unpaired) electrons. The van der Waals surface area contributed by atoms with Gasteiger partial charge in [0, 0.05) is 6.07 Å². The van der Waals surface area contributed by atoms with E-state index in [9.17, 15) is 31.7 Å². The van der Waals surface area contributed by atoms with Crippen molar-refractivity contribution in [1.82, 2.24) is 0 Å². The average Bonchev–Trinajstić information content (AvgIpc) is 2.16. The molecule has 0 bridgehead atoms. The fraction of sp³-hybridized carbons (Fsp3) is 0.333. The predicted molar refractivity (Wildman–Crippen MR) is 61.3 cm³/mol. The summed E-state index contributed by atoms with van der Waals surface area (Å²) in [5.74, 6) is 0. The summed E-state index contributed by atoms with van der Waals surface area (Å²) in [6, 6.07) is 1.09. The maximum absolute atomic E-state index is 12.7. The number of nitrogens with zero attached hydrogens (tertiary/aromatic N) is 1. The van der Waals surface area contributed by atoms with Crippen molar-refractivity contribution in [2.75, 3.05) is 11.0 Å². The first kappa shape index (κ1) is 15.2. The van der Waals surface area contributed by atoms with Crippen molar-refractivity contribution in [3.05, 3.63) is 33.4 Å². The topological polar surface area (TPSA) is 89.3 Å². The van der Waals surface area contributed by atoms with Gasteiger partial charge in [-0.1, -0.05) is 0 Å². The van der Waals surface area contributed by atoms with Gasteiger partial charge in [-0.25, -0.2) is 8.42 Å². The Hall–Kier alpha value is -1.84. The van der Waals surface area contributed by atoms with Crippen LogP contribution in [0.4, 0.5) is 24.5 Å². The van der Waals surface area contributed by atoms with E-state index in [-0.39, 0.29) is 11.3 Å². The van der Waals surface area contributed by atoms with E-state index in [2.05, 4.69) is 0 Å². The molecule has 0 aliphatic carbocycles. The molecule has 0 aromatic heterocycles. The second-order valence-corrected chi connectivity index (χ2v) is 5.56. The maximum atomic E-state index is 12.7. The first-order chi connectivity index (χ1) is 8.42. The molecule has 0 unspecified atom stereocenters. The van der Waals surface area contributed by atoms with Crippen molar-refractivity contribution in [2.45, 2.75) is 13.1 Å². The van der Waals surface area contributed by atoms with Crippen molar-refractivity contribution in [3.8, 4) is 0 Å². The summed E-state index contributed by atoms with van der Waals surface area (Å²) in [4.78, 5) is 9.42. The highest BCUT2D eigenvalue weighted by atomic mass is 32.2. The summed E-state index contributed by atoms with van der Waals surface area (Å²) >= 11 is 0. The summed E-state index contributed by atoms with van der Waals surface area (Å²) in [7, 11) is -3.78. The molecular formula is C9H9F3N2O4S. The molecule has 10 heteroatoms. The normalized spacial score (nSPS) is 12.3. The summed E-state index contributed by atoms with van der Waals surface area (Å²) < 4.78 is 61.9. The number of benzene rings is 1. The summed E-state index contributed by atoms with van der Waals surface area (Å²) in [5.41, 5.74) is -2.95. The molecule has 19 heavy (non-hydrogen) atoms. The van der Waals surface area contributed by atoms with Gasteiger partial charge in [-0.05, 0) is 18.6 Å². The van der Waals surface area contributed by atoms with Gasteiger partial charge in [0.1, 0.15) is 5.56 Å². The standard InChI is InChI=1S/C9H9F3N2O4S/c1-5-3-8(14(15)16)6(9(10,11)12)4-7(5)13-19(2,17)18/h3-4,13H,1-2H3. The molecule has 1 aromatic rings. The number of anilines is 1. The van der Waals surface area contributed by atoms with Crippen LogP contribution in [0.2, 0.25) is 0 Å². The fourth-order valence-corrected chi connectivity index (χ4v) is 2.00. The highest BCUT2D eigenvalue weighted by Crippen LogP contribution is 2.39. The zero-order chi connectivity index (χ0) is 15.0. The first-order valence-electron chi connectivity index (χ1n) is 4.76. The minimum Gasteiger partial charge on any atom is -0.283 e. The first-order valence-corrected chi connectivity index (χ1v) is 6.65. The Morgan fingerprint density at radius 1 is 1.32 bits per heavy atom. The van der Waals surface area contributed by atoms with Gasteiger partial charge in [0.15, 0.2) is 0 Å². The number of rotatable bonds is 3. The molecule has 0 atom stereocenters. The van der Waals surface area contributed by atoms with Gasteiger partial charge < -0.3 is 0 Å². The van der Waals surface area contributed by atoms with Crippen molar-refractivity contribution in [1.29, 1.82) is 0 Å². The zero-order valence-electron chi connectivity index (χ0n) is 9.78. The van der Waals surface area contributed by atoms with E-state index >= 15 is 0 Å². The summed E-state index contributed by atoms with van der Waals surface area (Å²) in [6.07, 6.45) is -4.19. The Kier molecular flexibility index (Phi) is 3.75. The highest BCUT2D eigenvalue weighted by molar-refractivity contribution is 7.92. The number of nitrogens with one attached hydrogen (secondary N) is 1. The van der Waals surface area contributed by atoms with Crippen molar-refractivity contribution >= 4 is 21.4 Å². The van der Waals surface area contributed by atoms with E-state index in [1.807, 2.05) is 4.72 Å². The Morgan fingerprint density at radius 3 is 2.21 bits per heavy atom. The second kappa shape index (κ2) is 4.68. The quantitative estimate of drug-likeness (QED) is 0.685. The molecule has 0 spiro atoms. The number of aryl methyl sites for hydroxylation is 1. The Labute approximate surface area is 106 Å². The summed E-state index contributed by atoms with van der Waals surface area (Å²) in [6.45, 7) is 1.26. The number of hydrogen-bond acceptors (Lipinski definition) is 4. The van der Waals surface area contributed by atoms with Crippen LogP contribution in [0.3, 0.4) is 0 Å². The van der Waals surface area contributed by atoms with Crippen molar-refractivity contribution < 1.29 is 26.5 Å². The third-order valence-corrected chi connectivity index (χ3v) is 2.73. The lowest BCUT2D eigenvalue weighted by atomic mass is 10.1. The fourth-order valence-electron chi connectivity index (χ4n) is 1.38. The largest absolute Gasteiger partial charge is 0.423 e. The van der Waals surface area contributed by atoms with Crippen LogP contribution in [-0.2, 0) is 16.2 Å². The third kappa shape index (κ3) is 3.81. The monoisotopic (exact) mass is 298 g/mol. The number of halogens is 3. The SMILES string of the molecule is Cc1cc([N+](=O)[O-])c(C(F)(F)F)cc1NS(C)(=O)=O. The maximum Gasteiger partial charge on any atom is 0.423 e. The van der Waals surface area contributed by atoms with E-state index in [4.69, 9.17) is 0 Å². The molecule has 0 amide bonds. The lowest BCUT2D eigenvalue weighted by Crippen LogP contribution is -2.14. The van der Waals surface area contributed by atoms with Crippen LogP contribution in [0, 0.1) is 17.0 Å². The highest BCUT2D eigenvalue weighted by Gasteiger charge is 2.39. The van der Waals surface area contributed by atoms with E-state index in [0.717, 1.165) is 6.26 Å². The molecule has 6 nitrogen and oxygen atoms in total. The molecule has 0 heterocycles. The van der Waals surface area contributed by atoms with Gasteiger partial charge in [-0.3, -0.25) is 14.8 Å². The van der Waals surface area contributed by atoms with Gasteiger partial charge in [0.05, 0.1) is 16.9 Å². The van der Waals surface area contributed by atoms with Crippen LogP contribution in [-0.4, -0.2) is 19.6 Å². The molecule has 0 aliphatic heterocycles. The lowest BCUT2D eigenvalue weighted by molar-refractivity contribution is -0.388. The molecule has 0 aliphatic rings. The average molecular weight is 298 g/mol. The minimum absolute atomic E-state index is 0.0186. The number of nitro groups is 1. The smallest absolute Gasteiger partial charge is 0.283 e. The van der Waals surface area contributed by atoms with Crippen LogP contribution in [0.25, 0.3) is 0 Å². The predicted octanol–water partition coefficient (Wildman–Crippen LogP) is 2.29. The van der Waals surface area contributed by atoms with Gasteiger partial charge in [-0.15, -0.1) is 0 Å². The zero-order valence-corrected chi connectivity index (χ0v) is 10.6. The molecule has 0 saturated carbocycles. The third-order valence-electron chi connectivity index (χ3n) is 2.14. The number of hydrogen-bond donors (Lipinski definition) is 1. The Balaban J connectivity index is 3.52.